The molecule has 0 saturated heterocycles. The van der Waals surface area contributed by atoms with Crippen molar-refractivity contribution in [1.82, 2.24) is 4.72 Å². The molecule has 0 atom stereocenters. The average Bonchev–Trinajstić information content (AvgIpc) is 2.06. The average molecular weight is 164 g/mol. The van der Waals surface area contributed by atoms with Crippen LogP contribution in [0.5, 0.6) is 0 Å². The standard InChI is InChI=1S/C8H8N2S/c1-10-11-8-4-2-3-7(5-8)6-9/h2-5,10H,1H3. The number of hydrogen-bond acceptors (Lipinski definition) is 3. The number of hydrogen-bond donors (Lipinski definition) is 1. The fourth-order valence-corrected chi connectivity index (χ4v) is 1.32. The Morgan fingerprint density at radius 3 is 3.00 bits per heavy atom. The smallest absolute Gasteiger partial charge is 0.0992 e. The van der Waals surface area contributed by atoms with E-state index >= 15 is 0 Å². The van der Waals surface area contributed by atoms with Crippen LogP contribution in [-0.2, 0) is 0 Å². The fraction of sp³-hybridized carbons (Fsp3) is 0.125. The Hall–Kier alpha value is -0.980. The maximum atomic E-state index is 8.55. The lowest BCUT2D eigenvalue weighted by Crippen LogP contribution is -1.90. The summed E-state index contributed by atoms with van der Waals surface area (Å²) in [5.74, 6) is 0. The Balaban J connectivity index is 2.85. The number of nitriles is 1. The van der Waals surface area contributed by atoms with Crippen molar-refractivity contribution in [2.75, 3.05) is 7.05 Å². The Morgan fingerprint density at radius 2 is 2.36 bits per heavy atom. The molecule has 0 aliphatic carbocycles. The molecule has 1 N–H and O–H groups in total. The molecule has 0 aromatic heterocycles. The first-order valence-electron chi connectivity index (χ1n) is 3.20. The summed E-state index contributed by atoms with van der Waals surface area (Å²) in [4.78, 5) is 1.06. The van der Waals surface area contributed by atoms with E-state index < -0.39 is 0 Å². The van der Waals surface area contributed by atoms with Gasteiger partial charge in [-0.3, -0.25) is 4.72 Å². The molecule has 0 spiro atoms. The monoisotopic (exact) mass is 164 g/mol. The summed E-state index contributed by atoms with van der Waals surface area (Å²) in [5, 5.41) is 8.55. The molecule has 1 rings (SSSR count). The van der Waals surface area contributed by atoms with Crippen molar-refractivity contribution in [1.29, 1.82) is 5.26 Å². The molecule has 1 aromatic carbocycles. The Kier molecular flexibility index (Phi) is 2.96. The second-order valence-electron chi connectivity index (χ2n) is 1.95. The highest BCUT2D eigenvalue weighted by Crippen LogP contribution is 2.14. The molecule has 0 aliphatic heterocycles. The predicted molar refractivity (Wildman–Crippen MR) is 46.1 cm³/mol. The topological polar surface area (TPSA) is 35.8 Å². The Labute approximate surface area is 70.4 Å². The van der Waals surface area contributed by atoms with Crippen LogP contribution in [0.4, 0.5) is 0 Å². The normalized spacial score (nSPS) is 9.09. The first-order valence-corrected chi connectivity index (χ1v) is 4.02. The number of nitrogens with one attached hydrogen (secondary N) is 1. The van der Waals surface area contributed by atoms with Gasteiger partial charge in [0, 0.05) is 4.90 Å². The molecule has 0 heterocycles. The van der Waals surface area contributed by atoms with Crippen LogP contribution in [-0.4, -0.2) is 7.05 Å². The second-order valence-corrected chi connectivity index (χ2v) is 3.03. The van der Waals surface area contributed by atoms with Gasteiger partial charge in [0.05, 0.1) is 11.6 Å². The van der Waals surface area contributed by atoms with Crippen molar-refractivity contribution < 1.29 is 0 Å². The molecule has 11 heavy (non-hydrogen) atoms. The quantitative estimate of drug-likeness (QED) is 0.677. The van der Waals surface area contributed by atoms with E-state index in [1.54, 1.807) is 6.07 Å². The molecular formula is C8H8N2S. The zero-order chi connectivity index (χ0) is 8.10. The second kappa shape index (κ2) is 4.02. The van der Waals surface area contributed by atoms with Gasteiger partial charge in [-0.1, -0.05) is 6.07 Å². The van der Waals surface area contributed by atoms with Crippen LogP contribution in [0.25, 0.3) is 0 Å². The van der Waals surface area contributed by atoms with Gasteiger partial charge in [-0.05, 0) is 37.2 Å². The van der Waals surface area contributed by atoms with E-state index in [1.165, 1.54) is 11.9 Å². The lowest BCUT2D eigenvalue weighted by atomic mass is 10.2. The highest BCUT2D eigenvalue weighted by Gasteiger charge is 1.92. The van der Waals surface area contributed by atoms with Gasteiger partial charge in [0.15, 0.2) is 0 Å². The van der Waals surface area contributed by atoms with Crippen LogP contribution < -0.4 is 4.72 Å². The maximum absolute atomic E-state index is 8.55. The van der Waals surface area contributed by atoms with E-state index in [0.717, 1.165) is 4.90 Å². The van der Waals surface area contributed by atoms with E-state index in [9.17, 15) is 0 Å². The minimum atomic E-state index is 0.699. The first kappa shape index (κ1) is 8.12. The molecule has 2 nitrogen and oxygen atoms in total. The molecule has 0 aliphatic rings. The molecule has 0 bridgehead atoms. The summed E-state index contributed by atoms with van der Waals surface area (Å²) in [6.07, 6.45) is 0. The van der Waals surface area contributed by atoms with E-state index in [1.807, 2.05) is 25.2 Å². The van der Waals surface area contributed by atoms with Crippen molar-refractivity contribution in [2.24, 2.45) is 0 Å². The van der Waals surface area contributed by atoms with Crippen LogP contribution >= 0.6 is 11.9 Å². The van der Waals surface area contributed by atoms with Crippen molar-refractivity contribution >= 4 is 11.9 Å². The van der Waals surface area contributed by atoms with Crippen LogP contribution in [0.1, 0.15) is 5.56 Å². The summed E-state index contributed by atoms with van der Waals surface area (Å²) < 4.78 is 2.94. The highest BCUT2D eigenvalue weighted by molar-refractivity contribution is 7.97. The molecular weight excluding hydrogens is 156 g/mol. The molecule has 0 fully saturated rings. The van der Waals surface area contributed by atoms with Crippen LogP contribution in [0, 0.1) is 11.3 Å². The van der Waals surface area contributed by atoms with Crippen molar-refractivity contribution in [3.63, 3.8) is 0 Å². The fourth-order valence-electron chi connectivity index (χ4n) is 0.747. The largest absolute Gasteiger partial charge is 0.263 e. The minimum Gasteiger partial charge on any atom is -0.263 e. The number of benzene rings is 1. The van der Waals surface area contributed by atoms with Crippen molar-refractivity contribution in [3.8, 4) is 6.07 Å². The van der Waals surface area contributed by atoms with Crippen molar-refractivity contribution in [3.05, 3.63) is 29.8 Å². The summed E-state index contributed by atoms with van der Waals surface area (Å²) in [6.45, 7) is 0. The van der Waals surface area contributed by atoms with Gasteiger partial charge in [0.1, 0.15) is 0 Å². The van der Waals surface area contributed by atoms with Crippen molar-refractivity contribution in [2.45, 2.75) is 4.90 Å². The Morgan fingerprint density at radius 1 is 1.55 bits per heavy atom. The van der Waals surface area contributed by atoms with Gasteiger partial charge in [0.25, 0.3) is 0 Å². The molecule has 0 amide bonds. The number of rotatable bonds is 2. The molecule has 1 aromatic rings. The third-order valence-corrected chi connectivity index (χ3v) is 1.88. The summed E-state index contributed by atoms with van der Waals surface area (Å²) in [6, 6.07) is 9.56. The zero-order valence-corrected chi connectivity index (χ0v) is 6.98. The van der Waals surface area contributed by atoms with E-state index in [-0.39, 0.29) is 0 Å². The zero-order valence-electron chi connectivity index (χ0n) is 6.16. The van der Waals surface area contributed by atoms with E-state index in [2.05, 4.69) is 10.8 Å². The number of nitrogens with zero attached hydrogens (tertiary/aromatic N) is 1. The third kappa shape index (κ3) is 2.26. The first-order chi connectivity index (χ1) is 5.36. The third-order valence-electron chi connectivity index (χ3n) is 1.18. The van der Waals surface area contributed by atoms with Gasteiger partial charge < -0.3 is 0 Å². The van der Waals surface area contributed by atoms with Gasteiger partial charge in [-0.15, -0.1) is 0 Å². The van der Waals surface area contributed by atoms with Crippen LogP contribution in [0.2, 0.25) is 0 Å². The summed E-state index contributed by atoms with van der Waals surface area (Å²) in [5.41, 5.74) is 0.699. The predicted octanol–water partition coefficient (Wildman–Crippen LogP) is 1.78. The lowest BCUT2D eigenvalue weighted by molar-refractivity contribution is 1.27. The SMILES string of the molecule is CNSc1cccc(C#N)c1. The molecule has 3 heteroatoms. The molecule has 0 radical (unpaired) electrons. The van der Waals surface area contributed by atoms with Gasteiger partial charge in [-0.2, -0.15) is 5.26 Å². The molecule has 56 valence electrons. The van der Waals surface area contributed by atoms with Gasteiger partial charge >= 0.3 is 0 Å². The lowest BCUT2D eigenvalue weighted by Gasteiger charge is -1.97. The minimum absolute atomic E-state index is 0.699. The van der Waals surface area contributed by atoms with E-state index in [4.69, 9.17) is 5.26 Å². The summed E-state index contributed by atoms with van der Waals surface area (Å²) >= 11 is 1.50. The van der Waals surface area contributed by atoms with E-state index in [0.29, 0.717) is 5.56 Å². The Bertz CT molecular complexity index is 278. The maximum Gasteiger partial charge on any atom is 0.0992 e. The molecule has 0 saturated carbocycles. The molecule has 0 unspecified atom stereocenters. The van der Waals surface area contributed by atoms with Gasteiger partial charge in [-0.25, -0.2) is 0 Å². The van der Waals surface area contributed by atoms with Crippen LogP contribution in [0.3, 0.4) is 0 Å². The summed E-state index contributed by atoms with van der Waals surface area (Å²) in [7, 11) is 1.85. The highest BCUT2D eigenvalue weighted by atomic mass is 32.2. The van der Waals surface area contributed by atoms with Gasteiger partial charge in [0.2, 0.25) is 0 Å². The van der Waals surface area contributed by atoms with Crippen LogP contribution in [0.15, 0.2) is 29.2 Å².